The first-order valence-electron chi connectivity index (χ1n) is 5.41. The minimum atomic E-state index is 0.174. The molecule has 86 valence electrons. The molecule has 0 spiro atoms. The Morgan fingerprint density at radius 2 is 1.65 bits per heavy atom. The molecule has 0 heterocycles. The predicted molar refractivity (Wildman–Crippen MR) is 68.7 cm³/mol. The molecule has 2 aromatic rings. The second kappa shape index (κ2) is 5.75. The Hall–Kier alpha value is -2.22. The van der Waals surface area contributed by atoms with Gasteiger partial charge in [0.2, 0.25) is 6.79 Å². The van der Waals surface area contributed by atoms with E-state index in [1.54, 1.807) is 0 Å². The van der Waals surface area contributed by atoms with Crippen molar-refractivity contribution in [2.24, 2.45) is 0 Å². The van der Waals surface area contributed by atoms with Gasteiger partial charge in [0.05, 0.1) is 6.26 Å². The van der Waals surface area contributed by atoms with Gasteiger partial charge in [0, 0.05) is 5.56 Å². The molecule has 0 N–H and O–H groups in total. The largest absolute Gasteiger partial charge is 0.466 e. The summed E-state index contributed by atoms with van der Waals surface area (Å²) in [5.74, 6) is 0.806. The van der Waals surface area contributed by atoms with Crippen LogP contribution in [-0.2, 0) is 4.74 Å². The van der Waals surface area contributed by atoms with Crippen LogP contribution in [0.2, 0.25) is 0 Å². The summed E-state index contributed by atoms with van der Waals surface area (Å²) >= 11 is 0. The van der Waals surface area contributed by atoms with Crippen LogP contribution in [-0.4, -0.2) is 6.79 Å². The van der Waals surface area contributed by atoms with Crippen molar-refractivity contribution >= 4 is 0 Å². The lowest BCUT2D eigenvalue weighted by Crippen LogP contribution is -1.99. The first kappa shape index (κ1) is 11.3. The Balaban J connectivity index is 2.25. The van der Waals surface area contributed by atoms with Crippen molar-refractivity contribution < 1.29 is 9.47 Å². The molecule has 0 aliphatic carbocycles. The number of hydrogen-bond donors (Lipinski definition) is 0. The normalized spacial score (nSPS) is 9.65. The highest BCUT2D eigenvalue weighted by atomic mass is 16.7. The molecule has 0 radical (unpaired) electrons. The van der Waals surface area contributed by atoms with Gasteiger partial charge in [-0.2, -0.15) is 0 Å². The summed E-state index contributed by atoms with van der Waals surface area (Å²) in [5.41, 5.74) is 2.18. The van der Waals surface area contributed by atoms with E-state index in [1.807, 2.05) is 42.5 Å². The molecule has 2 nitrogen and oxygen atoms in total. The Morgan fingerprint density at radius 1 is 0.941 bits per heavy atom. The first-order valence-corrected chi connectivity index (χ1v) is 5.41. The maximum absolute atomic E-state index is 5.54. The zero-order valence-electron chi connectivity index (χ0n) is 9.50. The van der Waals surface area contributed by atoms with E-state index in [2.05, 4.69) is 18.7 Å². The molecule has 0 unspecified atom stereocenters. The average molecular weight is 226 g/mol. The van der Waals surface area contributed by atoms with Crippen molar-refractivity contribution in [3.8, 4) is 16.9 Å². The van der Waals surface area contributed by atoms with Crippen LogP contribution < -0.4 is 4.74 Å². The molecule has 0 amide bonds. The predicted octanol–water partition coefficient (Wildman–Crippen LogP) is 3.85. The summed E-state index contributed by atoms with van der Waals surface area (Å²) in [7, 11) is 0. The third kappa shape index (κ3) is 2.88. The Kier molecular flexibility index (Phi) is 3.81. The van der Waals surface area contributed by atoms with E-state index in [0.717, 1.165) is 16.9 Å². The maximum atomic E-state index is 5.54. The van der Waals surface area contributed by atoms with Crippen molar-refractivity contribution in [2.45, 2.75) is 0 Å². The lowest BCUT2D eigenvalue weighted by Gasteiger charge is -2.10. The fourth-order valence-electron chi connectivity index (χ4n) is 1.59. The van der Waals surface area contributed by atoms with Crippen LogP contribution >= 0.6 is 0 Å². The first-order chi connectivity index (χ1) is 8.42. The van der Waals surface area contributed by atoms with Gasteiger partial charge in [-0.05, 0) is 11.6 Å². The lowest BCUT2D eigenvalue weighted by molar-refractivity contribution is 0.0811. The van der Waals surface area contributed by atoms with Gasteiger partial charge in [0.25, 0.3) is 0 Å². The summed E-state index contributed by atoms with van der Waals surface area (Å²) in [6.07, 6.45) is 1.37. The molecule has 0 aliphatic rings. The molecule has 2 heteroatoms. The molecule has 2 rings (SSSR count). The summed E-state index contributed by atoms with van der Waals surface area (Å²) in [6, 6.07) is 18.0. The van der Waals surface area contributed by atoms with Crippen molar-refractivity contribution in [1.29, 1.82) is 0 Å². The minimum Gasteiger partial charge on any atom is -0.466 e. The quantitative estimate of drug-likeness (QED) is 0.438. The van der Waals surface area contributed by atoms with E-state index in [1.165, 1.54) is 6.26 Å². The van der Waals surface area contributed by atoms with Crippen molar-refractivity contribution in [3.63, 3.8) is 0 Å². The summed E-state index contributed by atoms with van der Waals surface area (Å²) < 4.78 is 10.5. The van der Waals surface area contributed by atoms with Crippen LogP contribution in [0.3, 0.4) is 0 Å². The summed E-state index contributed by atoms with van der Waals surface area (Å²) in [4.78, 5) is 0. The van der Waals surface area contributed by atoms with Crippen LogP contribution in [0.5, 0.6) is 5.75 Å². The minimum absolute atomic E-state index is 0.174. The average Bonchev–Trinajstić information content (AvgIpc) is 2.41. The van der Waals surface area contributed by atoms with Gasteiger partial charge in [-0.1, -0.05) is 55.1 Å². The van der Waals surface area contributed by atoms with Crippen molar-refractivity contribution in [2.75, 3.05) is 6.79 Å². The highest BCUT2D eigenvalue weighted by Crippen LogP contribution is 2.29. The van der Waals surface area contributed by atoms with Gasteiger partial charge in [-0.15, -0.1) is 0 Å². The van der Waals surface area contributed by atoms with Crippen LogP contribution in [0, 0.1) is 0 Å². The number of hydrogen-bond acceptors (Lipinski definition) is 2. The number of rotatable bonds is 5. The molecule has 0 atom stereocenters. The maximum Gasteiger partial charge on any atom is 0.229 e. The Labute approximate surface area is 101 Å². The van der Waals surface area contributed by atoms with Gasteiger partial charge in [-0.25, -0.2) is 0 Å². The van der Waals surface area contributed by atoms with Gasteiger partial charge >= 0.3 is 0 Å². The third-order valence-corrected chi connectivity index (χ3v) is 2.37. The fourth-order valence-corrected chi connectivity index (χ4v) is 1.59. The van der Waals surface area contributed by atoms with Gasteiger partial charge in [-0.3, -0.25) is 0 Å². The molecule has 0 aromatic heterocycles. The molecule has 0 saturated carbocycles. The van der Waals surface area contributed by atoms with Crippen molar-refractivity contribution in [1.82, 2.24) is 0 Å². The van der Waals surface area contributed by atoms with Crippen LogP contribution in [0.25, 0.3) is 11.1 Å². The third-order valence-electron chi connectivity index (χ3n) is 2.37. The molecule has 0 bridgehead atoms. The molecule has 2 aromatic carbocycles. The second-order valence-electron chi connectivity index (χ2n) is 3.46. The number of benzene rings is 2. The summed E-state index contributed by atoms with van der Waals surface area (Å²) in [6.45, 7) is 3.64. The van der Waals surface area contributed by atoms with E-state index in [4.69, 9.17) is 9.47 Å². The second-order valence-corrected chi connectivity index (χ2v) is 3.46. The van der Waals surface area contributed by atoms with E-state index in [9.17, 15) is 0 Å². The highest BCUT2D eigenvalue weighted by molar-refractivity contribution is 5.70. The van der Waals surface area contributed by atoms with Crippen LogP contribution in [0.4, 0.5) is 0 Å². The fraction of sp³-hybridized carbons (Fsp3) is 0.0667. The molecule has 0 aliphatic heterocycles. The van der Waals surface area contributed by atoms with Crippen LogP contribution in [0.15, 0.2) is 67.4 Å². The Bertz CT molecular complexity index is 477. The lowest BCUT2D eigenvalue weighted by atomic mass is 10.1. The standard InChI is InChI=1S/C15H14O2/c1-2-16-12-17-15-11-7-6-10-14(15)13-8-4-3-5-9-13/h2-11H,1,12H2. The Morgan fingerprint density at radius 3 is 2.41 bits per heavy atom. The highest BCUT2D eigenvalue weighted by Gasteiger charge is 2.04. The van der Waals surface area contributed by atoms with Gasteiger partial charge < -0.3 is 9.47 Å². The van der Waals surface area contributed by atoms with E-state index < -0.39 is 0 Å². The van der Waals surface area contributed by atoms with E-state index in [-0.39, 0.29) is 6.79 Å². The molecule has 17 heavy (non-hydrogen) atoms. The van der Waals surface area contributed by atoms with E-state index >= 15 is 0 Å². The monoisotopic (exact) mass is 226 g/mol. The SMILES string of the molecule is C=COCOc1ccccc1-c1ccccc1. The van der Waals surface area contributed by atoms with Gasteiger partial charge in [0.15, 0.2) is 0 Å². The van der Waals surface area contributed by atoms with E-state index in [0.29, 0.717) is 0 Å². The molecular weight excluding hydrogens is 212 g/mol. The molecule has 0 fully saturated rings. The number of para-hydroxylation sites is 1. The smallest absolute Gasteiger partial charge is 0.229 e. The zero-order valence-corrected chi connectivity index (χ0v) is 9.50. The zero-order chi connectivity index (χ0) is 11.9. The molecular formula is C15H14O2. The topological polar surface area (TPSA) is 18.5 Å². The van der Waals surface area contributed by atoms with Gasteiger partial charge in [0.1, 0.15) is 5.75 Å². The van der Waals surface area contributed by atoms with Crippen LogP contribution in [0.1, 0.15) is 0 Å². The number of ether oxygens (including phenoxy) is 2. The summed E-state index contributed by atoms with van der Waals surface area (Å²) in [5, 5.41) is 0. The van der Waals surface area contributed by atoms with Crippen molar-refractivity contribution in [3.05, 3.63) is 67.4 Å². The molecule has 0 saturated heterocycles.